The highest BCUT2D eigenvalue weighted by Crippen LogP contribution is 2.41. The van der Waals surface area contributed by atoms with E-state index in [0.29, 0.717) is 31.3 Å². The van der Waals surface area contributed by atoms with Gasteiger partial charge in [0.15, 0.2) is 0 Å². The van der Waals surface area contributed by atoms with E-state index in [2.05, 4.69) is 29.3 Å². The van der Waals surface area contributed by atoms with Crippen LogP contribution in [0.4, 0.5) is 4.79 Å². The minimum atomic E-state index is -3.52. The Labute approximate surface area is 213 Å². The minimum Gasteiger partial charge on any atom is -0.319 e. The molecular weight excluding hydrogens is 488 g/mol. The summed E-state index contributed by atoms with van der Waals surface area (Å²) in [7, 11) is -1.57. The zero-order valence-electron chi connectivity index (χ0n) is 21.2. The van der Waals surface area contributed by atoms with Gasteiger partial charge in [-0.1, -0.05) is 0 Å². The lowest BCUT2D eigenvalue weighted by Gasteiger charge is -2.49. The molecular formula is C23H40N6O4S2. The molecule has 0 aromatic heterocycles. The Kier molecular flexibility index (Phi) is 6.93. The second-order valence-electron chi connectivity index (χ2n) is 11.6. The zero-order chi connectivity index (χ0) is 25.1. The van der Waals surface area contributed by atoms with Gasteiger partial charge in [-0.2, -0.15) is 0 Å². The smallest absolute Gasteiger partial charge is 0.319 e. The lowest BCUT2D eigenvalue weighted by Crippen LogP contribution is -2.66. The molecule has 3 aliphatic heterocycles. The summed E-state index contributed by atoms with van der Waals surface area (Å²) in [4.78, 5) is 30.8. The molecule has 0 spiro atoms. The van der Waals surface area contributed by atoms with Gasteiger partial charge in [-0.15, -0.1) is 11.8 Å². The number of sulfonamides is 1. The Balaban J connectivity index is 1.37. The first-order chi connectivity index (χ1) is 16.5. The van der Waals surface area contributed by atoms with Gasteiger partial charge in [0, 0.05) is 62.0 Å². The second-order valence-corrected chi connectivity index (χ2v) is 15.1. The fourth-order valence-electron chi connectivity index (χ4n) is 6.20. The summed E-state index contributed by atoms with van der Waals surface area (Å²) in [5.74, 6) is -0.511. The van der Waals surface area contributed by atoms with Crippen LogP contribution in [0, 0.1) is 11.8 Å². The van der Waals surface area contributed by atoms with Crippen molar-refractivity contribution in [2.75, 3.05) is 33.2 Å². The summed E-state index contributed by atoms with van der Waals surface area (Å²) in [6.07, 6.45) is 3.00. The monoisotopic (exact) mass is 528 g/mol. The van der Waals surface area contributed by atoms with E-state index in [0.717, 1.165) is 25.9 Å². The molecule has 3 saturated heterocycles. The van der Waals surface area contributed by atoms with E-state index in [1.165, 1.54) is 4.90 Å². The van der Waals surface area contributed by atoms with Gasteiger partial charge >= 0.3 is 6.03 Å². The Morgan fingerprint density at radius 3 is 2.51 bits per heavy atom. The largest absolute Gasteiger partial charge is 0.327 e. The van der Waals surface area contributed by atoms with Gasteiger partial charge < -0.3 is 10.2 Å². The van der Waals surface area contributed by atoms with Crippen LogP contribution in [-0.4, -0.2) is 102 Å². The number of urea groups is 1. The number of fused-ring (bicyclic) bond motifs is 1. The topological polar surface area (TPSA) is 114 Å². The minimum absolute atomic E-state index is 0.160. The molecule has 0 bridgehead atoms. The van der Waals surface area contributed by atoms with Crippen LogP contribution in [0.25, 0.3) is 0 Å². The first-order valence-electron chi connectivity index (χ1n) is 13.0. The molecule has 3 amide bonds. The van der Waals surface area contributed by atoms with Crippen molar-refractivity contribution in [3.63, 3.8) is 0 Å². The maximum absolute atomic E-state index is 13.7. The highest BCUT2D eigenvalue weighted by Gasteiger charge is 2.53. The number of thioether (sulfide) groups is 1. The van der Waals surface area contributed by atoms with Gasteiger partial charge in [-0.3, -0.25) is 15.1 Å². The molecule has 5 fully saturated rings. The number of carbonyl (C=O) groups excluding carboxylic acids is 2. The fourth-order valence-corrected chi connectivity index (χ4v) is 9.54. The van der Waals surface area contributed by atoms with E-state index in [1.807, 2.05) is 35.6 Å². The number of hydrogen-bond donors (Lipinski definition) is 3. The fraction of sp³-hybridized carbons (Fsp3) is 0.913. The molecule has 5 aliphatic rings. The predicted octanol–water partition coefficient (Wildman–Crippen LogP) is 0.766. The number of nitrogens with one attached hydrogen (secondary N) is 3. The highest BCUT2D eigenvalue weighted by atomic mass is 32.2. The van der Waals surface area contributed by atoms with Crippen molar-refractivity contribution in [1.29, 1.82) is 0 Å². The molecule has 3 N–H and O–H groups in total. The number of rotatable bonds is 7. The maximum atomic E-state index is 13.7. The van der Waals surface area contributed by atoms with E-state index in [1.54, 1.807) is 0 Å². The predicted molar refractivity (Wildman–Crippen MR) is 136 cm³/mol. The van der Waals surface area contributed by atoms with Crippen LogP contribution in [0.3, 0.4) is 0 Å². The standard InChI is InChI=1S/C23H40N6O4S2/c1-14-20(34-15(2)25-14)13-28-19-6-5-17(35(32,33)26-23(3)7-8-23)9-18(19)21(30)29(22(28)31)12-16-10-24-27(4)11-16/h14-20,24-26H,5-13H2,1-4H3. The number of hydrazine groups is 1. The van der Waals surface area contributed by atoms with Gasteiger partial charge in [-0.25, -0.2) is 22.9 Å². The Hall–Kier alpha value is -0.920. The van der Waals surface area contributed by atoms with Gasteiger partial charge in [0.05, 0.1) is 16.5 Å². The summed E-state index contributed by atoms with van der Waals surface area (Å²) in [5, 5.41) is 5.47. The molecule has 0 radical (unpaired) electrons. The molecule has 2 saturated carbocycles. The van der Waals surface area contributed by atoms with Crippen molar-refractivity contribution in [2.24, 2.45) is 11.8 Å². The number of amides is 3. The summed E-state index contributed by atoms with van der Waals surface area (Å²) in [6, 6.07) is -0.175. The molecule has 10 nitrogen and oxygen atoms in total. The summed E-state index contributed by atoms with van der Waals surface area (Å²) in [5.41, 5.74) is 2.92. The number of nitrogens with zero attached hydrogens (tertiary/aromatic N) is 3. The van der Waals surface area contributed by atoms with Gasteiger partial charge in [0.25, 0.3) is 0 Å². The van der Waals surface area contributed by atoms with E-state index in [-0.39, 0.29) is 47.1 Å². The van der Waals surface area contributed by atoms with Crippen LogP contribution in [0.15, 0.2) is 0 Å². The molecule has 5 rings (SSSR count). The molecule has 0 aromatic carbocycles. The number of hydrogen-bond acceptors (Lipinski definition) is 8. The van der Waals surface area contributed by atoms with Crippen LogP contribution in [0.1, 0.15) is 52.9 Å². The van der Waals surface area contributed by atoms with Crippen molar-refractivity contribution in [3.05, 3.63) is 0 Å². The van der Waals surface area contributed by atoms with Crippen LogP contribution < -0.4 is 15.5 Å². The number of carbonyl (C=O) groups is 2. The SMILES string of the molecule is CC1NC(C)C(CN2C(=O)N(CC3CNN(C)C3)C(=O)C3CC(S(=O)(=O)NC4(C)CC4)CCC32)S1. The van der Waals surface area contributed by atoms with Crippen molar-refractivity contribution in [1.82, 2.24) is 30.3 Å². The molecule has 0 aromatic rings. The van der Waals surface area contributed by atoms with Crippen molar-refractivity contribution >= 4 is 33.7 Å². The molecule has 2 aliphatic carbocycles. The molecule has 7 atom stereocenters. The molecule has 198 valence electrons. The van der Waals surface area contributed by atoms with Crippen LogP contribution in [0.5, 0.6) is 0 Å². The van der Waals surface area contributed by atoms with E-state index in [9.17, 15) is 18.0 Å². The highest BCUT2D eigenvalue weighted by molar-refractivity contribution is 8.00. The van der Waals surface area contributed by atoms with Crippen LogP contribution in [-0.2, 0) is 14.8 Å². The first kappa shape index (κ1) is 25.7. The average molecular weight is 529 g/mol. The normalized spacial score (nSPS) is 39.8. The third-order valence-electron chi connectivity index (χ3n) is 8.49. The van der Waals surface area contributed by atoms with Gasteiger partial charge in [0.2, 0.25) is 15.9 Å². The van der Waals surface area contributed by atoms with Crippen molar-refractivity contribution < 1.29 is 18.0 Å². The third kappa shape index (κ3) is 5.24. The summed E-state index contributed by atoms with van der Waals surface area (Å²) < 4.78 is 29.3. The number of imide groups is 1. The zero-order valence-corrected chi connectivity index (χ0v) is 22.8. The average Bonchev–Trinajstić information content (AvgIpc) is 3.20. The Bertz CT molecular complexity index is 960. The lowest BCUT2D eigenvalue weighted by molar-refractivity contribution is -0.141. The molecule has 12 heteroatoms. The van der Waals surface area contributed by atoms with E-state index >= 15 is 0 Å². The quantitative estimate of drug-likeness (QED) is 0.444. The summed E-state index contributed by atoms with van der Waals surface area (Å²) >= 11 is 1.83. The van der Waals surface area contributed by atoms with Crippen molar-refractivity contribution in [3.8, 4) is 0 Å². The van der Waals surface area contributed by atoms with Gasteiger partial charge in [0.1, 0.15) is 0 Å². The van der Waals surface area contributed by atoms with E-state index in [4.69, 9.17) is 0 Å². The van der Waals surface area contributed by atoms with Crippen LogP contribution in [0.2, 0.25) is 0 Å². The van der Waals surface area contributed by atoms with Crippen molar-refractivity contribution in [2.45, 2.75) is 86.4 Å². The molecule has 35 heavy (non-hydrogen) atoms. The third-order valence-corrected chi connectivity index (χ3v) is 12.0. The Morgan fingerprint density at radius 1 is 1.17 bits per heavy atom. The molecule has 7 unspecified atom stereocenters. The first-order valence-corrected chi connectivity index (χ1v) is 15.5. The lowest BCUT2D eigenvalue weighted by atomic mass is 9.80. The second kappa shape index (κ2) is 9.43. The summed E-state index contributed by atoms with van der Waals surface area (Å²) in [6.45, 7) is 8.63. The van der Waals surface area contributed by atoms with Crippen LogP contribution >= 0.6 is 11.8 Å². The maximum Gasteiger partial charge on any atom is 0.327 e. The Morgan fingerprint density at radius 2 is 1.91 bits per heavy atom. The van der Waals surface area contributed by atoms with E-state index < -0.39 is 21.2 Å². The van der Waals surface area contributed by atoms with Gasteiger partial charge in [-0.05, 0) is 52.9 Å². The molecule has 3 heterocycles.